The molecule has 1 unspecified atom stereocenters. The molecule has 3 heteroatoms. The Morgan fingerprint density at radius 1 is 1.78 bits per heavy atom. The number of hydrogen-bond donors (Lipinski definition) is 3. The molecule has 54 valence electrons. The number of hydrogen-bond acceptors (Lipinski definition) is 3. The van der Waals surface area contributed by atoms with Crippen LogP contribution < -0.4 is 11.1 Å². The Morgan fingerprint density at radius 3 is 2.44 bits per heavy atom. The summed E-state index contributed by atoms with van der Waals surface area (Å²) in [7, 11) is 0. The molecule has 0 aromatic heterocycles. The van der Waals surface area contributed by atoms with Crippen LogP contribution in [0.3, 0.4) is 0 Å². The maximum absolute atomic E-state index is 8.95. The van der Waals surface area contributed by atoms with Crippen LogP contribution in [0.2, 0.25) is 0 Å². The Hall–Kier alpha value is -0.120. The highest BCUT2D eigenvalue weighted by atomic mass is 16.3. The normalized spacial score (nSPS) is 27.0. The third-order valence-corrected chi connectivity index (χ3v) is 1.66. The first-order valence-corrected chi connectivity index (χ1v) is 3.30. The maximum Gasteiger partial charge on any atom is 0.0530 e. The van der Waals surface area contributed by atoms with E-state index in [2.05, 4.69) is 5.32 Å². The van der Waals surface area contributed by atoms with Gasteiger partial charge < -0.3 is 16.2 Å². The lowest BCUT2D eigenvalue weighted by Crippen LogP contribution is -2.66. The van der Waals surface area contributed by atoms with Crippen LogP contribution in [0.5, 0.6) is 0 Å². The molecule has 1 aliphatic heterocycles. The number of aliphatic hydroxyl groups excluding tert-OH is 1. The van der Waals surface area contributed by atoms with Gasteiger partial charge in [-0.05, 0) is 13.3 Å². The lowest BCUT2D eigenvalue weighted by molar-refractivity contribution is 0.124. The summed E-state index contributed by atoms with van der Waals surface area (Å²) in [6, 6.07) is 0. The molecule has 1 fully saturated rings. The largest absolute Gasteiger partial charge is 0.393 e. The molecule has 0 aromatic carbocycles. The Labute approximate surface area is 55.2 Å². The zero-order valence-corrected chi connectivity index (χ0v) is 5.72. The van der Waals surface area contributed by atoms with Crippen LogP contribution in [0.25, 0.3) is 0 Å². The smallest absolute Gasteiger partial charge is 0.0530 e. The van der Waals surface area contributed by atoms with E-state index in [9.17, 15) is 0 Å². The maximum atomic E-state index is 8.95. The van der Waals surface area contributed by atoms with Crippen molar-refractivity contribution < 1.29 is 5.11 Å². The van der Waals surface area contributed by atoms with Gasteiger partial charge in [0.2, 0.25) is 0 Å². The molecule has 1 rings (SSSR count). The minimum absolute atomic E-state index is 0.117. The predicted octanol–water partition coefficient (Wildman–Crippen LogP) is -0.942. The Kier molecular flexibility index (Phi) is 1.75. The number of aliphatic hydroxyl groups is 1. The first-order valence-electron chi connectivity index (χ1n) is 3.30. The second-order valence-corrected chi connectivity index (χ2v) is 3.02. The zero-order chi connectivity index (χ0) is 6.91. The van der Waals surface area contributed by atoms with Crippen LogP contribution in [-0.4, -0.2) is 29.8 Å². The standard InChI is InChI=1S/C6H14N2O/c1-5(9)2-6(7)3-8-4-6/h5,8-9H,2-4,7H2,1H3. The van der Waals surface area contributed by atoms with Crippen molar-refractivity contribution >= 4 is 0 Å². The van der Waals surface area contributed by atoms with E-state index in [1.165, 1.54) is 0 Å². The van der Waals surface area contributed by atoms with Gasteiger partial charge in [-0.1, -0.05) is 0 Å². The van der Waals surface area contributed by atoms with Crippen molar-refractivity contribution in [2.75, 3.05) is 13.1 Å². The summed E-state index contributed by atoms with van der Waals surface area (Å²) in [5.41, 5.74) is 5.66. The van der Waals surface area contributed by atoms with Gasteiger partial charge in [-0.2, -0.15) is 0 Å². The summed E-state index contributed by atoms with van der Waals surface area (Å²) in [5, 5.41) is 12.0. The van der Waals surface area contributed by atoms with Gasteiger partial charge in [0.25, 0.3) is 0 Å². The molecule has 1 saturated heterocycles. The predicted molar refractivity (Wildman–Crippen MR) is 36.1 cm³/mol. The summed E-state index contributed by atoms with van der Waals surface area (Å²) < 4.78 is 0. The van der Waals surface area contributed by atoms with Crippen molar-refractivity contribution in [3.63, 3.8) is 0 Å². The fourth-order valence-corrected chi connectivity index (χ4v) is 1.18. The van der Waals surface area contributed by atoms with Gasteiger partial charge in [0.1, 0.15) is 0 Å². The van der Waals surface area contributed by atoms with Crippen LogP contribution in [-0.2, 0) is 0 Å². The average molecular weight is 130 g/mol. The second-order valence-electron chi connectivity index (χ2n) is 3.02. The fraction of sp³-hybridized carbons (Fsp3) is 1.00. The van der Waals surface area contributed by atoms with Crippen molar-refractivity contribution in [1.29, 1.82) is 0 Å². The van der Waals surface area contributed by atoms with Crippen molar-refractivity contribution in [3.05, 3.63) is 0 Å². The number of rotatable bonds is 2. The van der Waals surface area contributed by atoms with Crippen LogP contribution in [0.4, 0.5) is 0 Å². The summed E-state index contributed by atoms with van der Waals surface area (Å²) in [6.45, 7) is 3.46. The van der Waals surface area contributed by atoms with Gasteiger partial charge in [0, 0.05) is 18.6 Å². The van der Waals surface area contributed by atoms with E-state index in [1.54, 1.807) is 6.92 Å². The van der Waals surface area contributed by atoms with E-state index in [0.717, 1.165) is 13.1 Å². The summed E-state index contributed by atoms with van der Waals surface area (Å²) in [5.74, 6) is 0. The molecule has 1 atom stereocenters. The molecule has 0 spiro atoms. The van der Waals surface area contributed by atoms with E-state index in [4.69, 9.17) is 10.8 Å². The Morgan fingerprint density at radius 2 is 2.33 bits per heavy atom. The van der Waals surface area contributed by atoms with Crippen LogP contribution in [0, 0.1) is 0 Å². The van der Waals surface area contributed by atoms with E-state index in [0.29, 0.717) is 6.42 Å². The van der Waals surface area contributed by atoms with Gasteiger partial charge >= 0.3 is 0 Å². The SMILES string of the molecule is CC(O)CC1(N)CNC1. The molecule has 3 nitrogen and oxygen atoms in total. The van der Waals surface area contributed by atoms with E-state index >= 15 is 0 Å². The first kappa shape index (κ1) is 6.99. The first-order chi connectivity index (χ1) is 4.12. The third-order valence-electron chi connectivity index (χ3n) is 1.66. The minimum atomic E-state index is -0.267. The fourth-order valence-electron chi connectivity index (χ4n) is 1.18. The summed E-state index contributed by atoms with van der Waals surface area (Å²) >= 11 is 0. The lowest BCUT2D eigenvalue weighted by Gasteiger charge is -2.39. The van der Waals surface area contributed by atoms with Crippen molar-refractivity contribution in [2.24, 2.45) is 5.73 Å². The van der Waals surface area contributed by atoms with Gasteiger partial charge in [0.05, 0.1) is 6.10 Å². The van der Waals surface area contributed by atoms with Crippen molar-refractivity contribution in [1.82, 2.24) is 5.32 Å². The zero-order valence-electron chi connectivity index (χ0n) is 5.72. The number of nitrogens with one attached hydrogen (secondary N) is 1. The second kappa shape index (κ2) is 2.25. The van der Waals surface area contributed by atoms with E-state index in [1.807, 2.05) is 0 Å². The highest BCUT2D eigenvalue weighted by Crippen LogP contribution is 2.13. The molecular weight excluding hydrogens is 116 g/mol. The molecule has 0 aromatic rings. The molecule has 4 N–H and O–H groups in total. The molecular formula is C6H14N2O. The Balaban J connectivity index is 2.24. The minimum Gasteiger partial charge on any atom is -0.393 e. The van der Waals surface area contributed by atoms with Gasteiger partial charge in [-0.15, -0.1) is 0 Å². The van der Waals surface area contributed by atoms with Crippen molar-refractivity contribution in [3.8, 4) is 0 Å². The van der Waals surface area contributed by atoms with Crippen LogP contribution in [0.1, 0.15) is 13.3 Å². The highest BCUT2D eigenvalue weighted by Gasteiger charge is 2.32. The summed E-state index contributed by atoms with van der Waals surface area (Å²) in [4.78, 5) is 0. The molecule has 0 saturated carbocycles. The van der Waals surface area contributed by atoms with Crippen LogP contribution in [0.15, 0.2) is 0 Å². The molecule has 1 heterocycles. The van der Waals surface area contributed by atoms with Gasteiger partial charge in [0.15, 0.2) is 0 Å². The van der Waals surface area contributed by atoms with Crippen LogP contribution >= 0.6 is 0 Å². The average Bonchev–Trinajstić information content (AvgIpc) is 1.60. The lowest BCUT2D eigenvalue weighted by atomic mass is 9.88. The summed E-state index contributed by atoms with van der Waals surface area (Å²) in [6.07, 6.45) is 0.442. The van der Waals surface area contributed by atoms with E-state index < -0.39 is 0 Å². The monoisotopic (exact) mass is 130 g/mol. The molecule has 0 radical (unpaired) electrons. The quantitative estimate of drug-likeness (QED) is 0.452. The van der Waals surface area contributed by atoms with Gasteiger partial charge in [-0.3, -0.25) is 0 Å². The third kappa shape index (κ3) is 1.64. The highest BCUT2D eigenvalue weighted by molar-refractivity contribution is 4.98. The number of nitrogens with two attached hydrogens (primary N) is 1. The molecule has 0 amide bonds. The topological polar surface area (TPSA) is 58.3 Å². The molecule has 9 heavy (non-hydrogen) atoms. The van der Waals surface area contributed by atoms with Crippen molar-refractivity contribution in [2.45, 2.75) is 25.0 Å². The molecule has 0 aliphatic carbocycles. The van der Waals surface area contributed by atoms with Gasteiger partial charge in [-0.25, -0.2) is 0 Å². The molecule has 1 aliphatic rings. The molecule has 0 bridgehead atoms. The van der Waals surface area contributed by atoms with E-state index in [-0.39, 0.29) is 11.6 Å². The Bertz CT molecular complexity index is 99.2.